The number of carbonyl (C=O) groups is 3. The molecule has 4 N–H and O–H groups in total. The van der Waals surface area contributed by atoms with Gasteiger partial charge in [0.05, 0.1) is 0 Å². The van der Waals surface area contributed by atoms with Crippen molar-refractivity contribution in [3.63, 3.8) is 0 Å². The molecule has 7 heteroatoms. The van der Waals surface area contributed by atoms with Gasteiger partial charge in [-0.1, -0.05) is 6.92 Å². The highest BCUT2D eigenvalue weighted by Gasteiger charge is 2.24. The van der Waals surface area contributed by atoms with Crippen molar-refractivity contribution in [2.45, 2.75) is 39.3 Å². The van der Waals surface area contributed by atoms with Gasteiger partial charge in [-0.2, -0.15) is 0 Å². The van der Waals surface area contributed by atoms with Crippen molar-refractivity contribution in [2.75, 3.05) is 6.54 Å². The van der Waals surface area contributed by atoms with Gasteiger partial charge in [-0.15, -0.1) is 0 Å². The van der Waals surface area contributed by atoms with E-state index in [0.29, 0.717) is 0 Å². The summed E-state index contributed by atoms with van der Waals surface area (Å²) in [5, 5.41) is 11.1. The first-order chi connectivity index (χ1) is 7.79. The molecule has 0 spiro atoms. The van der Waals surface area contributed by atoms with Crippen LogP contribution in [0, 0.1) is 0 Å². The summed E-state index contributed by atoms with van der Waals surface area (Å²) < 4.78 is 0. The highest BCUT2D eigenvalue weighted by molar-refractivity contribution is 5.86. The van der Waals surface area contributed by atoms with Crippen LogP contribution in [-0.2, 0) is 9.59 Å². The summed E-state index contributed by atoms with van der Waals surface area (Å²) in [6.45, 7) is 4.83. The molecule has 0 rings (SSSR count). The summed E-state index contributed by atoms with van der Waals surface area (Å²) in [6.07, 6.45) is 0.267. The van der Waals surface area contributed by atoms with Crippen LogP contribution < -0.4 is 11.1 Å². The fourth-order valence-corrected chi connectivity index (χ4v) is 1.23. The Labute approximate surface area is 100.0 Å². The Bertz CT molecular complexity index is 304. The summed E-state index contributed by atoms with van der Waals surface area (Å²) in [4.78, 5) is 34.5. The first-order valence-electron chi connectivity index (χ1n) is 5.37. The number of nitrogens with zero attached hydrogens (tertiary/aromatic N) is 1. The molecule has 0 aliphatic rings. The van der Waals surface area contributed by atoms with E-state index in [1.54, 1.807) is 20.8 Å². The molecule has 0 unspecified atom stereocenters. The van der Waals surface area contributed by atoms with E-state index in [0.717, 1.165) is 0 Å². The second-order valence-corrected chi connectivity index (χ2v) is 3.94. The Balaban J connectivity index is 4.62. The fraction of sp³-hybridized carbons (Fsp3) is 0.700. The fourth-order valence-electron chi connectivity index (χ4n) is 1.23. The summed E-state index contributed by atoms with van der Waals surface area (Å²) >= 11 is 0. The molecule has 7 nitrogen and oxygen atoms in total. The first kappa shape index (κ1) is 15.2. The molecule has 0 saturated heterocycles. The van der Waals surface area contributed by atoms with Crippen molar-refractivity contribution in [2.24, 2.45) is 5.73 Å². The highest BCUT2D eigenvalue weighted by Crippen LogP contribution is 2.00. The SMILES string of the molecule is CC[C@@H](NC(=O)N(CC(N)=O)C(C)C)C(=O)O. The molecule has 0 fully saturated rings. The molecule has 0 radical (unpaired) electrons. The number of nitrogens with one attached hydrogen (secondary N) is 1. The van der Waals surface area contributed by atoms with Crippen molar-refractivity contribution in [3.8, 4) is 0 Å². The standard InChI is InChI=1S/C10H19N3O4/c1-4-7(9(15)16)12-10(17)13(6(2)3)5-8(11)14/h6-7H,4-5H2,1-3H3,(H2,11,14)(H,12,17)(H,15,16)/t7-/m1/s1. The Morgan fingerprint density at radius 2 is 1.88 bits per heavy atom. The van der Waals surface area contributed by atoms with Crippen LogP contribution in [0.15, 0.2) is 0 Å². The third kappa shape index (κ3) is 5.19. The predicted molar refractivity (Wildman–Crippen MR) is 61.3 cm³/mol. The van der Waals surface area contributed by atoms with Crippen LogP contribution in [0.2, 0.25) is 0 Å². The number of amides is 3. The van der Waals surface area contributed by atoms with Gasteiger partial charge in [0.1, 0.15) is 12.6 Å². The minimum Gasteiger partial charge on any atom is -0.480 e. The molecule has 98 valence electrons. The largest absolute Gasteiger partial charge is 0.480 e. The lowest BCUT2D eigenvalue weighted by Gasteiger charge is -2.27. The molecular formula is C10H19N3O4. The van der Waals surface area contributed by atoms with Crippen molar-refractivity contribution in [3.05, 3.63) is 0 Å². The van der Waals surface area contributed by atoms with Crippen LogP contribution in [0.4, 0.5) is 4.79 Å². The number of primary amides is 1. The van der Waals surface area contributed by atoms with E-state index < -0.39 is 23.9 Å². The van der Waals surface area contributed by atoms with Gasteiger partial charge in [0.25, 0.3) is 0 Å². The number of carboxylic acids is 1. The van der Waals surface area contributed by atoms with E-state index in [2.05, 4.69) is 5.32 Å². The summed E-state index contributed by atoms with van der Waals surface area (Å²) in [7, 11) is 0. The third-order valence-electron chi connectivity index (χ3n) is 2.21. The molecular weight excluding hydrogens is 226 g/mol. The Kier molecular flexibility index (Phi) is 6.01. The second-order valence-electron chi connectivity index (χ2n) is 3.94. The number of hydrogen-bond donors (Lipinski definition) is 3. The minimum atomic E-state index is -1.11. The lowest BCUT2D eigenvalue weighted by Crippen LogP contribution is -2.52. The van der Waals surface area contributed by atoms with Gasteiger partial charge < -0.3 is 21.1 Å². The topological polar surface area (TPSA) is 113 Å². The molecule has 1 atom stereocenters. The zero-order chi connectivity index (χ0) is 13.6. The van der Waals surface area contributed by atoms with E-state index in [1.807, 2.05) is 0 Å². The number of rotatable bonds is 6. The van der Waals surface area contributed by atoms with Crippen molar-refractivity contribution >= 4 is 17.9 Å². The smallest absolute Gasteiger partial charge is 0.326 e. The van der Waals surface area contributed by atoms with Gasteiger partial charge in [0.2, 0.25) is 5.91 Å². The number of nitrogens with two attached hydrogens (primary N) is 1. The quantitative estimate of drug-likeness (QED) is 0.599. The monoisotopic (exact) mass is 245 g/mol. The molecule has 0 aliphatic heterocycles. The molecule has 3 amide bonds. The highest BCUT2D eigenvalue weighted by atomic mass is 16.4. The lowest BCUT2D eigenvalue weighted by molar-refractivity contribution is -0.139. The van der Waals surface area contributed by atoms with Crippen LogP contribution in [0.1, 0.15) is 27.2 Å². The Hall–Kier alpha value is -1.79. The van der Waals surface area contributed by atoms with Gasteiger partial charge in [0, 0.05) is 6.04 Å². The maximum absolute atomic E-state index is 11.7. The molecule has 0 heterocycles. The van der Waals surface area contributed by atoms with Crippen LogP contribution in [-0.4, -0.2) is 46.5 Å². The van der Waals surface area contributed by atoms with Gasteiger partial charge >= 0.3 is 12.0 Å². The zero-order valence-electron chi connectivity index (χ0n) is 10.3. The van der Waals surface area contributed by atoms with Crippen LogP contribution in [0.25, 0.3) is 0 Å². The van der Waals surface area contributed by atoms with Crippen molar-refractivity contribution < 1.29 is 19.5 Å². The number of hydrogen-bond acceptors (Lipinski definition) is 3. The Morgan fingerprint density at radius 1 is 1.35 bits per heavy atom. The van der Waals surface area contributed by atoms with E-state index in [1.165, 1.54) is 4.90 Å². The van der Waals surface area contributed by atoms with E-state index in [-0.39, 0.29) is 19.0 Å². The van der Waals surface area contributed by atoms with Crippen molar-refractivity contribution in [1.82, 2.24) is 10.2 Å². The lowest BCUT2D eigenvalue weighted by atomic mass is 10.2. The molecule has 0 bridgehead atoms. The first-order valence-corrected chi connectivity index (χ1v) is 5.37. The average Bonchev–Trinajstić information content (AvgIpc) is 2.20. The average molecular weight is 245 g/mol. The minimum absolute atomic E-state index is 0.237. The molecule has 0 aromatic carbocycles. The number of aliphatic carboxylic acids is 1. The summed E-state index contributed by atoms with van der Waals surface area (Å²) in [5.41, 5.74) is 5.02. The van der Waals surface area contributed by atoms with E-state index in [4.69, 9.17) is 10.8 Å². The maximum atomic E-state index is 11.7. The Morgan fingerprint density at radius 3 is 2.18 bits per heavy atom. The normalized spacial score (nSPS) is 12.0. The number of carbonyl (C=O) groups excluding carboxylic acids is 2. The van der Waals surface area contributed by atoms with Gasteiger partial charge in [-0.3, -0.25) is 4.79 Å². The van der Waals surface area contributed by atoms with Gasteiger partial charge in [0.15, 0.2) is 0 Å². The van der Waals surface area contributed by atoms with Crippen molar-refractivity contribution in [1.29, 1.82) is 0 Å². The number of carboxylic acid groups (broad SMARTS) is 1. The van der Waals surface area contributed by atoms with E-state index >= 15 is 0 Å². The van der Waals surface area contributed by atoms with Crippen LogP contribution in [0.3, 0.4) is 0 Å². The summed E-state index contributed by atoms with van der Waals surface area (Å²) in [6, 6.07) is -1.81. The van der Waals surface area contributed by atoms with Crippen LogP contribution >= 0.6 is 0 Å². The van der Waals surface area contributed by atoms with Gasteiger partial charge in [-0.05, 0) is 20.3 Å². The van der Waals surface area contributed by atoms with E-state index in [9.17, 15) is 14.4 Å². The molecule has 0 aliphatic carbocycles. The molecule has 0 aromatic rings. The molecule has 0 aromatic heterocycles. The zero-order valence-corrected chi connectivity index (χ0v) is 10.3. The molecule has 0 saturated carbocycles. The molecule has 17 heavy (non-hydrogen) atoms. The second kappa shape index (κ2) is 6.72. The summed E-state index contributed by atoms with van der Waals surface area (Å²) in [5.74, 6) is -1.75. The van der Waals surface area contributed by atoms with Gasteiger partial charge in [-0.25, -0.2) is 9.59 Å². The number of urea groups is 1. The predicted octanol–water partition coefficient (Wildman–Crippen LogP) is -0.245. The maximum Gasteiger partial charge on any atom is 0.326 e. The third-order valence-corrected chi connectivity index (χ3v) is 2.21. The van der Waals surface area contributed by atoms with Crippen LogP contribution in [0.5, 0.6) is 0 Å².